The van der Waals surface area contributed by atoms with Crippen molar-refractivity contribution in [2.45, 2.75) is 78.6 Å². The second-order valence-electron chi connectivity index (χ2n) is 9.89. The highest BCUT2D eigenvalue weighted by atomic mass is 16.5. The van der Waals surface area contributed by atoms with E-state index in [0.29, 0.717) is 11.3 Å². The normalized spacial score (nSPS) is 44.3. The number of fused-ring (bicyclic) bond motifs is 5. The largest absolute Gasteiger partial charge is 0.458 e. The SMILES string of the molecule is CC(=O)OCC(=O)[C@H]1CC[C@H]2[C@@H]3CC=C4CCCC[C@]4(C)[C@H]3CC[C@]12C. The van der Waals surface area contributed by atoms with Crippen molar-refractivity contribution in [2.75, 3.05) is 6.61 Å². The summed E-state index contributed by atoms with van der Waals surface area (Å²) in [6, 6.07) is 0. The van der Waals surface area contributed by atoms with Gasteiger partial charge in [0.1, 0.15) is 6.61 Å². The number of Topliss-reactive ketones (excluding diaryl/α,β-unsaturated/α-hetero) is 1. The van der Waals surface area contributed by atoms with E-state index in [1.165, 1.54) is 51.9 Å². The first-order valence-corrected chi connectivity index (χ1v) is 10.7. The van der Waals surface area contributed by atoms with Crippen LogP contribution in [0, 0.1) is 34.5 Å². The molecule has 26 heavy (non-hydrogen) atoms. The van der Waals surface area contributed by atoms with Gasteiger partial charge in [0, 0.05) is 12.8 Å². The highest BCUT2D eigenvalue weighted by molar-refractivity contribution is 5.85. The number of esters is 1. The van der Waals surface area contributed by atoms with E-state index < -0.39 is 0 Å². The van der Waals surface area contributed by atoms with Crippen LogP contribution in [0.4, 0.5) is 0 Å². The maximum atomic E-state index is 12.8. The van der Waals surface area contributed by atoms with Crippen LogP contribution in [0.15, 0.2) is 11.6 Å². The number of allylic oxidation sites excluding steroid dienone is 2. The predicted octanol–water partition coefficient (Wildman–Crippen LogP) is 5.09. The zero-order valence-electron chi connectivity index (χ0n) is 16.7. The average molecular weight is 359 g/mol. The second-order valence-corrected chi connectivity index (χ2v) is 9.89. The van der Waals surface area contributed by atoms with Crippen molar-refractivity contribution in [3.63, 3.8) is 0 Å². The van der Waals surface area contributed by atoms with Crippen LogP contribution in [-0.2, 0) is 14.3 Å². The van der Waals surface area contributed by atoms with Crippen LogP contribution in [0.5, 0.6) is 0 Å². The number of hydrogen-bond acceptors (Lipinski definition) is 3. The maximum absolute atomic E-state index is 12.8. The predicted molar refractivity (Wildman–Crippen MR) is 101 cm³/mol. The summed E-state index contributed by atoms with van der Waals surface area (Å²) in [5.41, 5.74) is 2.27. The third kappa shape index (κ3) is 2.68. The van der Waals surface area contributed by atoms with Crippen molar-refractivity contribution >= 4 is 11.8 Å². The Bertz CT molecular complexity index is 635. The van der Waals surface area contributed by atoms with E-state index in [9.17, 15) is 9.59 Å². The molecular weight excluding hydrogens is 324 g/mol. The summed E-state index contributed by atoms with van der Waals surface area (Å²) in [6.45, 7) is 6.25. The van der Waals surface area contributed by atoms with Crippen molar-refractivity contribution in [3.8, 4) is 0 Å². The van der Waals surface area contributed by atoms with E-state index in [2.05, 4.69) is 19.9 Å². The lowest BCUT2D eigenvalue weighted by molar-refractivity contribution is -0.149. The zero-order chi connectivity index (χ0) is 18.5. The number of ketones is 1. The van der Waals surface area contributed by atoms with Gasteiger partial charge in [-0.15, -0.1) is 0 Å². The van der Waals surface area contributed by atoms with Crippen molar-refractivity contribution in [1.29, 1.82) is 0 Å². The van der Waals surface area contributed by atoms with E-state index in [4.69, 9.17) is 4.74 Å². The Kier molecular flexibility index (Phi) is 4.56. The smallest absolute Gasteiger partial charge is 0.303 e. The minimum Gasteiger partial charge on any atom is -0.458 e. The molecule has 0 unspecified atom stereocenters. The summed E-state index contributed by atoms with van der Waals surface area (Å²) in [4.78, 5) is 23.9. The van der Waals surface area contributed by atoms with Gasteiger partial charge in [0.05, 0.1) is 0 Å². The Morgan fingerprint density at radius 3 is 2.69 bits per heavy atom. The fourth-order valence-corrected chi connectivity index (χ4v) is 7.50. The Morgan fingerprint density at radius 2 is 1.92 bits per heavy atom. The van der Waals surface area contributed by atoms with Gasteiger partial charge in [-0.1, -0.05) is 31.9 Å². The number of rotatable bonds is 3. The summed E-state index contributed by atoms with van der Waals surface area (Å²) < 4.78 is 5.04. The van der Waals surface area contributed by atoms with Crippen LogP contribution >= 0.6 is 0 Å². The average Bonchev–Trinajstić information content (AvgIpc) is 2.96. The molecule has 0 amide bonds. The van der Waals surface area contributed by atoms with Crippen LogP contribution in [0.2, 0.25) is 0 Å². The molecule has 6 atom stereocenters. The van der Waals surface area contributed by atoms with Gasteiger partial charge in [-0.2, -0.15) is 0 Å². The second kappa shape index (κ2) is 6.49. The van der Waals surface area contributed by atoms with Gasteiger partial charge in [-0.25, -0.2) is 0 Å². The van der Waals surface area contributed by atoms with Crippen molar-refractivity contribution in [3.05, 3.63) is 11.6 Å². The van der Waals surface area contributed by atoms with Gasteiger partial charge in [0.15, 0.2) is 5.78 Å². The molecule has 0 aromatic heterocycles. The fraction of sp³-hybridized carbons (Fsp3) is 0.826. The maximum Gasteiger partial charge on any atom is 0.303 e. The first-order valence-electron chi connectivity index (χ1n) is 10.7. The molecule has 0 bridgehead atoms. The van der Waals surface area contributed by atoms with Crippen LogP contribution in [0.25, 0.3) is 0 Å². The first-order chi connectivity index (χ1) is 12.4. The van der Waals surface area contributed by atoms with Gasteiger partial charge >= 0.3 is 5.97 Å². The number of ether oxygens (including phenoxy) is 1. The molecule has 0 spiro atoms. The summed E-state index contributed by atoms with van der Waals surface area (Å²) >= 11 is 0. The number of carbonyl (C=O) groups is 2. The lowest BCUT2D eigenvalue weighted by Crippen LogP contribution is -2.50. The van der Waals surface area contributed by atoms with E-state index in [-0.39, 0.29) is 29.7 Å². The molecule has 0 heterocycles. The van der Waals surface area contributed by atoms with Crippen LogP contribution in [-0.4, -0.2) is 18.4 Å². The monoisotopic (exact) mass is 358 g/mol. The molecule has 4 rings (SSSR count). The number of carbonyl (C=O) groups excluding carboxylic acids is 2. The van der Waals surface area contributed by atoms with Crippen LogP contribution in [0.3, 0.4) is 0 Å². The van der Waals surface area contributed by atoms with Crippen LogP contribution in [0.1, 0.15) is 78.6 Å². The van der Waals surface area contributed by atoms with E-state index in [1.807, 2.05) is 0 Å². The molecule has 3 heteroatoms. The summed E-state index contributed by atoms with van der Waals surface area (Å²) in [6.07, 6.45) is 13.8. The molecule has 0 aromatic rings. The molecule has 0 saturated heterocycles. The Balaban J connectivity index is 1.55. The van der Waals surface area contributed by atoms with Gasteiger partial charge in [-0.05, 0) is 80.0 Å². The summed E-state index contributed by atoms with van der Waals surface area (Å²) in [5, 5.41) is 0. The molecule has 0 N–H and O–H groups in total. The van der Waals surface area contributed by atoms with Gasteiger partial charge in [0.25, 0.3) is 0 Å². The summed E-state index contributed by atoms with van der Waals surface area (Å²) in [7, 11) is 0. The minimum absolute atomic E-state index is 0.0296. The molecule has 3 fully saturated rings. The molecule has 4 aliphatic rings. The Morgan fingerprint density at radius 1 is 1.12 bits per heavy atom. The molecule has 0 radical (unpaired) electrons. The van der Waals surface area contributed by atoms with Gasteiger partial charge < -0.3 is 4.74 Å². The van der Waals surface area contributed by atoms with Crippen LogP contribution < -0.4 is 0 Å². The van der Waals surface area contributed by atoms with Gasteiger partial charge in [-0.3, -0.25) is 9.59 Å². The molecule has 144 valence electrons. The van der Waals surface area contributed by atoms with E-state index in [1.54, 1.807) is 5.57 Å². The Labute approximate surface area is 157 Å². The van der Waals surface area contributed by atoms with Gasteiger partial charge in [0.2, 0.25) is 0 Å². The van der Waals surface area contributed by atoms with E-state index in [0.717, 1.165) is 24.7 Å². The fourth-order valence-electron chi connectivity index (χ4n) is 7.50. The highest BCUT2D eigenvalue weighted by Crippen LogP contribution is 2.66. The lowest BCUT2D eigenvalue weighted by atomic mass is 9.47. The van der Waals surface area contributed by atoms with Crippen molar-refractivity contribution in [1.82, 2.24) is 0 Å². The Hall–Kier alpha value is -1.12. The lowest BCUT2D eigenvalue weighted by Gasteiger charge is -2.57. The molecular formula is C23H34O3. The molecule has 4 aliphatic carbocycles. The third-order valence-electron chi connectivity index (χ3n) is 8.82. The topological polar surface area (TPSA) is 43.4 Å². The number of hydrogen-bond donors (Lipinski definition) is 0. The quantitative estimate of drug-likeness (QED) is 0.521. The standard InChI is InChI=1S/C23H34O3/c1-15(24)26-14-21(25)20-10-9-18-17-8-7-16-6-4-5-12-22(16,2)19(17)11-13-23(18,20)3/h7,17-20H,4-6,8-14H2,1-3H3/t17-,18-,19-,20+,22-,23-/m0/s1. The highest BCUT2D eigenvalue weighted by Gasteiger charge is 2.59. The molecule has 3 saturated carbocycles. The summed E-state index contributed by atoms with van der Waals surface area (Å²) in [5.74, 6) is 2.09. The molecule has 0 aromatic carbocycles. The third-order valence-corrected chi connectivity index (χ3v) is 8.82. The minimum atomic E-state index is -0.350. The molecule has 0 aliphatic heterocycles. The van der Waals surface area contributed by atoms with Crippen molar-refractivity contribution in [2.24, 2.45) is 34.5 Å². The molecule has 3 nitrogen and oxygen atoms in total. The zero-order valence-corrected chi connectivity index (χ0v) is 16.7. The van der Waals surface area contributed by atoms with E-state index >= 15 is 0 Å². The van der Waals surface area contributed by atoms with Crippen molar-refractivity contribution < 1.29 is 14.3 Å². The first kappa shape index (κ1) is 18.3.